The Kier molecular flexibility index (Phi) is 8.27. The maximum absolute atomic E-state index is 12.3. The molecule has 156 valence electrons. The van der Waals surface area contributed by atoms with Crippen LogP contribution < -0.4 is 14.8 Å². The fourth-order valence-corrected chi connectivity index (χ4v) is 3.56. The molecule has 2 aromatic carbocycles. The predicted molar refractivity (Wildman–Crippen MR) is 117 cm³/mol. The van der Waals surface area contributed by atoms with Gasteiger partial charge in [0.05, 0.1) is 12.0 Å². The van der Waals surface area contributed by atoms with Gasteiger partial charge in [0.25, 0.3) is 10.0 Å². The molecule has 0 unspecified atom stereocenters. The summed E-state index contributed by atoms with van der Waals surface area (Å²) in [6, 6.07) is 13.6. The van der Waals surface area contributed by atoms with E-state index in [4.69, 9.17) is 4.74 Å². The van der Waals surface area contributed by atoms with Crippen molar-refractivity contribution in [2.75, 3.05) is 11.9 Å². The number of anilines is 1. The highest BCUT2D eigenvalue weighted by Gasteiger charge is 2.13. The Morgan fingerprint density at radius 2 is 1.69 bits per heavy atom. The van der Waals surface area contributed by atoms with E-state index in [1.54, 1.807) is 43.3 Å². The molecule has 2 aromatic rings. The number of rotatable bonds is 9. The van der Waals surface area contributed by atoms with Gasteiger partial charge in [-0.1, -0.05) is 44.5 Å². The quantitative estimate of drug-likeness (QED) is 0.567. The minimum absolute atomic E-state index is 0.512. The van der Waals surface area contributed by atoms with Crippen LogP contribution in [-0.2, 0) is 16.4 Å². The lowest BCUT2D eigenvalue weighted by molar-refractivity contribution is 0.256. The molecule has 0 aromatic heterocycles. The molecule has 0 saturated carbocycles. The van der Waals surface area contributed by atoms with Crippen LogP contribution in [0.25, 0.3) is 5.57 Å². The van der Waals surface area contributed by atoms with Crippen molar-refractivity contribution < 1.29 is 17.9 Å². The van der Waals surface area contributed by atoms with Gasteiger partial charge in [0, 0.05) is 5.69 Å². The minimum atomic E-state index is -3.94. The summed E-state index contributed by atoms with van der Waals surface area (Å²) in [6.45, 7) is 6.45. The maximum atomic E-state index is 12.3. The third-order valence-corrected chi connectivity index (χ3v) is 5.40. The van der Waals surface area contributed by atoms with Crippen LogP contribution >= 0.6 is 0 Å². The summed E-state index contributed by atoms with van der Waals surface area (Å²) in [5.41, 5.74) is 2.89. The van der Waals surface area contributed by atoms with Gasteiger partial charge in [0.1, 0.15) is 5.75 Å². The molecule has 0 fully saturated rings. The van der Waals surface area contributed by atoms with Gasteiger partial charge in [-0.05, 0) is 60.7 Å². The molecule has 0 aliphatic heterocycles. The van der Waals surface area contributed by atoms with Gasteiger partial charge < -0.3 is 10.1 Å². The van der Waals surface area contributed by atoms with Gasteiger partial charge in [-0.25, -0.2) is 17.9 Å². The number of urea groups is 1. The van der Waals surface area contributed by atoms with Crippen LogP contribution in [0.1, 0.15) is 44.7 Å². The molecule has 0 heterocycles. The highest BCUT2D eigenvalue weighted by molar-refractivity contribution is 7.93. The number of unbranched alkanes of at least 4 members (excludes halogenated alkanes) is 1. The van der Waals surface area contributed by atoms with E-state index in [-0.39, 0.29) is 0 Å². The molecule has 2 amide bonds. The van der Waals surface area contributed by atoms with E-state index in [0.29, 0.717) is 17.9 Å². The molecular weight excluding hydrogens is 388 g/mol. The molecule has 2 N–H and O–H groups in total. The number of amides is 2. The summed E-state index contributed by atoms with van der Waals surface area (Å²) in [6.07, 6.45) is 2.93. The molecule has 0 aliphatic rings. The molecule has 0 radical (unpaired) electrons. The molecular formula is C22H28N2O4S. The van der Waals surface area contributed by atoms with E-state index in [1.165, 1.54) is 0 Å². The van der Waals surface area contributed by atoms with Crippen molar-refractivity contribution in [3.8, 4) is 5.75 Å². The van der Waals surface area contributed by atoms with Gasteiger partial charge >= 0.3 is 6.03 Å². The van der Waals surface area contributed by atoms with Crippen molar-refractivity contribution in [1.29, 1.82) is 0 Å². The molecule has 0 saturated heterocycles. The van der Waals surface area contributed by atoms with E-state index in [2.05, 4.69) is 12.2 Å². The third-order valence-electron chi connectivity index (χ3n) is 4.26. The molecule has 29 heavy (non-hydrogen) atoms. The number of carbonyl (C=O) groups is 1. The van der Waals surface area contributed by atoms with Gasteiger partial charge in [-0.2, -0.15) is 0 Å². The SMILES string of the molecule is CCCCOc1ccc(C(C)=CS(=O)(=O)NC(=O)Nc2ccc(CC)cc2)cc1. The van der Waals surface area contributed by atoms with Crippen LogP contribution in [0.5, 0.6) is 5.75 Å². The first-order chi connectivity index (χ1) is 13.8. The fourth-order valence-electron chi connectivity index (χ4n) is 2.59. The molecule has 6 nitrogen and oxygen atoms in total. The zero-order valence-electron chi connectivity index (χ0n) is 17.1. The van der Waals surface area contributed by atoms with Gasteiger partial charge in [0.2, 0.25) is 0 Å². The summed E-state index contributed by atoms with van der Waals surface area (Å²) < 4.78 is 32.2. The van der Waals surface area contributed by atoms with Crippen LogP contribution in [0.3, 0.4) is 0 Å². The van der Waals surface area contributed by atoms with E-state index in [9.17, 15) is 13.2 Å². The number of allylic oxidation sites excluding steroid dienone is 1. The monoisotopic (exact) mass is 416 g/mol. The van der Waals surface area contributed by atoms with Gasteiger partial charge in [-0.15, -0.1) is 0 Å². The standard InChI is InChI=1S/C22H28N2O4S/c1-4-6-15-28-21-13-9-19(10-14-21)17(3)16-29(26,27)24-22(25)23-20-11-7-18(5-2)8-12-20/h7-14,16H,4-6,15H2,1-3H3,(H2,23,24,25). The predicted octanol–water partition coefficient (Wildman–Crippen LogP) is 4.94. The summed E-state index contributed by atoms with van der Waals surface area (Å²) in [5, 5.41) is 3.56. The number of hydrogen-bond donors (Lipinski definition) is 2. The number of aryl methyl sites for hydroxylation is 1. The maximum Gasteiger partial charge on any atom is 0.333 e. The Labute approximate surface area is 173 Å². The Bertz CT molecular complexity index is 934. The van der Waals surface area contributed by atoms with Crippen LogP contribution in [0.15, 0.2) is 53.9 Å². The topological polar surface area (TPSA) is 84.5 Å². The van der Waals surface area contributed by atoms with Crippen molar-refractivity contribution in [3.63, 3.8) is 0 Å². The first kappa shape index (κ1) is 22.5. The average molecular weight is 417 g/mol. The first-order valence-corrected chi connectivity index (χ1v) is 11.2. The number of hydrogen-bond acceptors (Lipinski definition) is 4. The molecule has 0 spiro atoms. The fraction of sp³-hybridized carbons (Fsp3) is 0.318. The van der Waals surface area contributed by atoms with E-state index >= 15 is 0 Å². The van der Waals surface area contributed by atoms with Crippen molar-refractivity contribution in [2.24, 2.45) is 0 Å². The number of carbonyl (C=O) groups excluding carboxylic acids is 1. The van der Waals surface area contributed by atoms with Crippen LogP contribution in [0, 0.1) is 0 Å². The summed E-state index contributed by atoms with van der Waals surface area (Å²) in [4.78, 5) is 12.0. The summed E-state index contributed by atoms with van der Waals surface area (Å²) in [7, 11) is -3.94. The van der Waals surface area contributed by atoms with Crippen molar-refractivity contribution in [2.45, 2.75) is 40.0 Å². The molecule has 2 rings (SSSR count). The highest BCUT2D eigenvalue weighted by atomic mass is 32.2. The zero-order chi connectivity index (χ0) is 21.3. The largest absolute Gasteiger partial charge is 0.494 e. The third kappa shape index (κ3) is 7.62. The number of sulfonamides is 1. The molecule has 7 heteroatoms. The zero-order valence-corrected chi connectivity index (χ0v) is 17.9. The summed E-state index contributed by atoms with van der Waals surface area (Å²) >= 11 is 0. The molecule has 0 aliphatic carbocycles. The normalized spacial score (nSPS) is 11.8. The smallest absolute Gasteiger partial charge is 0.333 e. The lowest BCUT2D eigenvalue weighted by Crippen LogP contribution is -2.33. The Hall–Kier alpha value is -2.80. The second-order valence-corrected chi connectivity index (χ2v) is 8.21. The first-order valence-electron chi connectivity index (χ1n) is 9.67. The van der Waals surface area contributed by atoms with Crippen molar-refractivity contribution in [1.82, 2.24) is 4.72 Å². The Morgan fingerprint density at radius 1 is 1.03 bits per heavy atom. The Morgan fingerprint density at radius 3 is 2.28 bits per heavy atom. The Balaban J connectivity index is 1.98. The number of ether oxygens (including phenoxy) is 1. The van der Waals surface area contributed by atoms with Crippen molar-refractivity contribution >= 4 is 27.3 Å². The minimum Gasteiger partial charge on any atom is -0.494 e. The molecule has 0 bridgehead atoms. The van der Waals surface area contributed by atoms with Crippen LogP contribution in [-0.4, -0.2) is 21.1 Å². The van der Waals surface area contributed by atoms with Crippen LogP contribution in [0.4, 0.5) is 10.5 Å². The second kappa shape index (κ2) is 10.7. The van der Waals surface area contributed by atoms with Gasteiger partial charge in [-0.3, -0.25) is 0 Å². The van der Waals surface area contributed by atoms with E-state index in [0.717, 1.165) is 41.5 Å². The van der Waals surface area contributed by atoms with Crippen LogP contribution in [0.2, 0.25) is 0 Å². The van der Waals surface area contributed by atoms with Crippen molar-refractivity contribution in [3.05, 3.63) is 65.1 Å². The summed E-state index contributed by atoms with van der Waals surface area (Å²) in [5.74, 6) is 0.740. The number of nitrogens with one attached hydrogen (secondary N) is 2. The van der Waals surface area contributed by atoms with Gasteiger partial charge in [0.15, 0.2) is 0 Å². The number of benzene rings is 2. The molecule has 0 atom stereocenters. The lowest BCUT2D eigenvalue weighted by Gasteiger charge is -2.09. The highest BCUT2D eigenvalue weighted by Crippen LogP contribution is 2.19. The average Bonchev–Trinajstić information content (AvgIpc) is 2.68. The van der Waals surface area contributed by atoms with E-state index in [1.807, 2.05) is 23.8 Å². The second-order valence-electron chi connectivity index (χ2n) is 6.68. The lowest BCUT2D eigenvalue weighted by atomic mass is 10.1. The van der Waals surface area contributed by atoms with E-state index < -0.39 is 16.1 Å².